The molecule has 4 unspecified atom stereocenters. The molecule has 2 fully saturated rings. The molecule has 2 bridgehead atoms. The largest absolute Gasteiger partial charge is 0.394 e. The van der Waals surface area contributed by atoms with Crippen molar-refractivity contribution in [3.63, 3.8) is 0 Å². The fourth-order valence-electron chi connectivity index (χ4n) is 4.13. The van der Waals surface area contributed by atoms with Gasteiger partial charge in [0.05, 0.1) is 39.6 Å². The molecule has 0 aliphatic heterocycles. The second kappa shape index (κ2) is 14.0. The average molecular weight is 510 g/mol. The predicted molar refractivity (Wildman–Crippen MR) is 85.3 cm³/mol. The molecule has 0 spiro atoms. The monoisotopic (exact) mass is 510 g/mol. The Morgan fingerprint density at radius 2 is 1.44 bits per heavy atom. The fraction of sp³-hybridized carbons (Fsp3) is 1.00. The van der Waals surface area contributed by atoms with E-state index in [2.05, 4.69) is 0 Å². The van der Waals surface area contributed by atoms with Gasteiger partial charge in [0, 0.05) is 85.1 Å². The molecule has 2 rings (SSSR count). The summed E-state index contributed by atoms with van der Waals surface area (Å²) in [6.07, 6.45) is 4.46. The minimum absolute atomic E-state index is 0. The predicted octanol–water partition coefficient (Wildman–Crippen LogP) is 0.836. The van der Waals surface area contributed by atoms with Crippen LogP contribution in [0.3, 0.4) is 0 Å². The van der Waals surface area contributed by atoms with E-state index < -0.39 is 0 Å². The van der Waals surface area contributed by atoms with Crippen molar-refractivity contribution in [1.82, 2.24) is 0 Å². The van der Waals surface area contributed by atoms with Crippen molar-refractivity contribution in [3.05, 3.63) is 0 Å². The Bertz CT molecular complexity index is 321. The molecule has 0 aromatic carbocycles. The zero-order chi connectivity index (χ0) is 16.7. The molecule has 8 heteroatoms. The smallest absolute Gasteiger partial charge is 0.103 e. The molecule has 2 aliphatic rings. The first-order chi connectivity index (χ1) is 11.2. The Labute approximate surface area is 201 Å². The summed E-state index contributed by atoms with van der Waals surface area (Å²) in [4.78, 5) is 0. The fourth-order valence-corrected chi connectivity index (χ4v) is 4.13. The van der Waals surface area contributed by atoms with E-state index in [0.717, 1.165) is 12.3 Å². The van der Waals surface area contributed by atoms with E-state index in [0.29, 0.717) is 32.3 Å². The molecule has 25 heavy (non-hydrogen) atoms. The van der Waals surface area contributed by atoms with Gasteiger partial charge in [-0.05, 0) is 31.1 Å². The molecular weight excluding hydrogens is 478 g/mol. The second-order valence-corrected chi connectivity index (χ2v) is 7.05. The number of methoxy groups -OCH3 is 2. The summed E-state index contributed by atoms with van der Waals surface area (Å²) >= 11 is 0. The summed E-state index contributed by atoms with van der Waals surface area (Å²) in [6.45, 7) is 2.04. The van der Waals surface area contributed by atoms with Gasteiger partial charge in [0.15, 0.2) is 0 Å². The van der Waals surface area contributed by atoms with Crippen LogP contribution in [0.5, 0.6) is 0 Å². The molecular formula is C17H32O6Y2. The maximum absolute atomic E-state index is 9.18. The van der Waals surface area contributed by atoms with Crippen LogP contribution in [0, 0.1) is 17.3 Å². The van der Waals surface area contributed by atoms with Crippen LogP contribution in [0.15, 0.2) is 0 Å². The zero-order valence-electron chi connectivity index (χ0n) is 15.6. The minimum Gasteiger partial charge on any atom is -0.394 e. The van der Waals surface area contributed by atoms with Crippen molar-refractivity contribution >= 4 is 0 Å². The Hall–Kier alpha value is 1.97. The molecule has 2 N–H and O–H groups in total. The van der Waals surface area contributed by atoms with Gasteiger partial charge in [0.1, 0.15) is 12.2 Å². The van der Waals surface area contributed by atoms with Crippen LogP contribution in [0.4, 0.5) is 0 Å². The molecule has 0 aromatic heterocycles. The van der Waals surface area contributed by atoms with Crippen LogP contribution in [0.2, 0.25) is 0 Å². The van der Waals surface area contributed by atoms with Crippen LogP contribution < -0.4 is 0 Å². The normalized spacial score (nSPS) is 29.8. The first-order valence-corrected chi connectivity index (χ1v) is 8.60. The summed E-state index contributed by atoms with van der Waals surface area (Å²) in [5, 5.41) is 18.4. The van der Waals surface area contributed by atoms with Crippen molar-refractivity contribution in [2.24, 2.45) is 17.3 Å². The van der Waals surface area contributed by atoms with E-state index in [4.69, 9.17) is 18.9 Å². The topological polar surface area (TPSA) is 77.4 Å². The molecule has 2 saturated carbocycles. The van der Waals surface area contributed by atoms with Crippen LogP contribution in [0.1, 0.15) is 25.7 Å². The molecule has 0 amide bonds. The molecule has 0 saturated heterocycles. The van der Waals surface area contributed by atoms with Crippen LogP contribution >= 0.6 is 0 Å². The van der Waals surface area contributed by atoms with Crippen LogP contribution in [0.25, 0.3) is 0 Å². The van der Waals surface area contributed by atoms with E-state index in [-0.39, 0.29) is 96.3 Å². The van der Waals surface area contributed by atoms with Crippen molar-refractivity contribution in [1.29, 1.82) is 0 Å². The van der Waals surface area contributed by atoms with Crippen molar-refractivity contribution in [2.75, 3.05) is 53.9 Å². The van der Waals surface area contributed by atoms with E-state index >= 15 is 0 Å². The van der Waals surface area contributed by atoms with Crippen molar-refractivity contribution in [2.45, 2.75) is 37.9 Å². The average Bonchev–Trinajstić information content (AvgIpc) is 3.17. The Balaban J connectivity index is 0.00000288. The maximum Gasteiger partial charge on any atom is 0.103 e. The zero-order valence-corrected chi connectivity index (χ0v) is 21.2. The number of hydrogen-bond donors (Lipinski definition) is 2. The van der Waals surface area contributed by atoms with Gasteiger partial charge in [-0.1, -0.05) is 6.42 Å². The van der Waals surface area contributed by atoms with Gasteiger partial charge in [0.2, 0.25) is 0 Å². The van der Waals surface area contributed by atoms with Crippen LogP contribution in [-0.4, -0.2) is 76.3 Å². The van der Waals surface area contributed by atoms with Gasteiger partial charge in [-0.15, -0.1) is 0 Å². The number of aliphatic hydroxyl groups is 2. The summed E-state index contributed by atoms with van der Waals surface area (Å²) in [7, 11) is 3.17. The molecule has 2 aliphatic carbocycles. The second-order valence-electron chi connectivity index (χ2n) is 7.05. The van der Waals surface area contributed by atoms with Crippen LogP contribution in [-0.2, 0) is 84.4 Å². The van der Waals surface area contributed by atoms with E-state index in [1.807, 2.05) is 0 Å². The molecule has 4 atom stereocenters. The van der Waals surface area contributed by atoms with Gasteiger partial charge >= 0.3 is 0 Å². The Morgan fingerprint density at radius 3 is 1.76 bits per heavy atom. The van der Waals surface area contributed by atoms with Gasteiger partial charge in [0.25, 0.3) is 0 Å². The Morgan fingerprint density at radius 1 is 0.920 bits per heavy atom. The van der Waals surface area contributed by atoms with Gasteiger partial charge in [-0.3, -0.25) is 0 Å². The number of rotatable bonds is 12. The summed E-state index contributed by atoms with van der Waals surface area (Å²) in [6, 6.07) is 0. The standard InChI is InChI=1S/C17H32O6.2Y/c1-20-15(7-18)9-22-11-17(6-13-3-4-14(17)5-13)12-23-10-16(8-19)21-2;;/h13-16,18-19H,3-12H2,1-2H3;;. The quantitative estimate of drug-likeness (QED) is 0.406. The first kappa shape index (κ1) is 27.0. The third-order valence-corrected chi connectivity index (χ3v) is 5.56. The summed E-state index contributed by atoms with van der Waals surface area (Å²) < 4.78 is 22.1. The number of hydrogen-bond acceptors (Lipinski definition) is 6. The van der Waals surface area contributed by atoms with Crippen molar-refractivity contribution in [3.8, 4) is 0 Å². The number of aliphatic hydroxyl groups excluding tert-OH is 2. The molecule has 0 aromatic rings. The third kappa shape index (κ3) is 7.72. The summed E-state index contributed by atoms with van der Waals surface area (Å²) in [5.41, 5.74) is 0.0599. The van der Waals surface area contributed by atoms with E-state index in [1.165, 1.54) is 19.3 Å². The van der Waals surface area contributed by atoms with E-state index in [1.54, 1.807) is 14.2 Å². The molecule has 6 nitrogen and oxygen atoms in total. The van der Waals surface area contributed by atoms with E-state index in [9.17, 15) is 10.2 Å². The van der Waals surface area contributed by atoms with Crippen molar-refractivity contribution < 1.29 is 94.6 Å². The maximum atomic E-state index is 9.18. The number of ether oxygens (including phenoxy) is 4. The molecule has 0 heterocycles. The van der Waals surface area contributed by atoms with Gasteiger partial charge in [-0.2, -0.15) is 0 Å². The summed E-state index contributed by atoms with van der Waals surface area (Å²) in [5.74, 6) is 1.44. The molecule has 2 radical (unpaired) electrons. The third-order valence-electron chi connectivity index (χ3n) is 5.56. The Kier molecular flexibility index (Phi) is 15.1. The first-order valence-electron chi connectivity index (χ1n) is 8.60. The van der Waals surface area contributed by atoms with Gasteiger partial charge < -0.3 is 29.2 Å². The molecule has 142 valence electrons. The number of fused-ring (bicyclic) bond motifs is 2. The van der Waals surface area contributed by atoms with Gasteiger partial charge in [-0.25, -0.2) is 0 Å². The SMILES string of the molecule is COC(CO)COCC1(COCC(CO)OC)CC2CCC1C2.[Y].[Y]. The minimum atomic E-state index is -0.265.